The number of nitrogens with two attached hydrogens (primary N) is 1. The van der Waals surface area contributed by atoms with Crippen LogP contribution in [0.15, 0.2) is 0 Å². The summed E-state index contributed by atoms with van der Waals surface area (Å²) in [5.74, 6) is 0.273. The van der Waals surface area contributed by atoms with Crippen LogP contribution in [0, 0.1) is 5.92 Å². The Morgan fingerprint density at radius 3 is 2.62 bits per heavy atom. The topological polar surface area (TPSA) is 84.2 Å². The minimum atomic E-state index is -0.499. The van der Waals surface area contributed by atoms with Crippen molar-refractivity contribution in [2.24, 2.45) is 11.7 Å². The van der Waals surface area contributed by atoms with Crippen molar-refractivity contribution in [2.45, 2.75) is 38.6 Å². The van der Waals surface area contributed by atoms with Crippen molar-refractivity contribution in [2.75, 3.05) is 13.1 Å². The molecular formula is C11H21N3O2. The van der Waals surface area contributed by atoms with Crippen LogP contribution in [0.2, 0.25) is 0 Å². The summed E-state index contributed by atoms with van der Waals surface area (Å²) in [4.78, 5) is 22.7. The molecule has 0 bridgehead atoms. The summed E-state index contributed by atoms with van der Waals surface area (Å²) < 4.78 is 0. The van der Waals surface area contributed by atoms with Crippen molar-refractivity contribution < 1.29 is 9.59 Å². The van der Waals surface area contributed by atoms with Crippen molar-refractivity contribution in [3.8, 4) is 0 Å². The van der Waals surface area contributed by atoms with E-state index in [1.165, 1.54) is 12.8 Å². The third kappa shape index (κ3) is 5.11. The fourth-order valence-corrected chi connectivity index (χ4v) is 1.38. The van der Waals surface area contributed by atoms with Crippen LogP contribution >= 0.6 is 0 Å². The first-order valence-corrected chi connectivity index (χ1v) is 5.93. The number of carbonyl (C=O) groups is 2. The van der Waals surface area contributed by atoms with Crippen LogP contribution in [-0.4, -0.2) is 30.9 Å². The molecule has 0 aromatic heterocycles. The molecule has 0 spiro atoms. The predicted molar refractivity (Wildman–Crippen MR) is 61.6 cm³/mol. The van der Waals surface area contributed by atoms with Gasteiger partial charge in [0.1, 0.15) is 0 Å². The van der Waals surface area contributed by atoms with Crippen LogP contribution in [0.4, 0.5) is 0 Å². The van der Waals surface area contributed by atoms with Gasteiger partial charge in [0.15, 0.2) is 0 Å². The summed E-state index contributed by atoms with van der Waals surface area (Å²) in [7, 11) is 0. The maximum atomic E-state index is 11.4. The van der Waals surface area contributed by atoms with Crippen molar-refractivity contribution in [1.82, 2.24) is 10.6 Å². The zero-order valence-corrected chi connectivity index (χ0v) is 9.79. The number of nitrogens with one attached hydrogen (secondary N) is 2. The summed E-state index contributed by atoms with van der Waals surface area (Å²) in [6, 6.07) is -0.499. The van der Waals surface area contributed by atoms with E-state index in [1.54, 1.807) is 0 Å². The van der Waals surface area contributed by atoms with Crippen LogP contribution in [0.5, 0.6) is 0 Å². The van der Waals surface area contributed by atoms with Gasteiger partial charge in [-0.1, -0.05) is 13.3 Å². The quantitative estimate of drug-likeness (QED) is 0.561. The van der Waals surface area contributed by atoms with Crippen molar-refractivity contribution >= 4 is 11.8 Å². The average molecular weight is 227 g/mol. The molecule has 0 radical (unpaired) electrons. The Bertz CT molecular complexity index is 252. The molecule has 16 heavy (non-hydrogen) atoms. The standard InChI is InChI=1S/C11H21N3O2/c1-2-3-9(12)11(16)14-7-10(15)13-6-8-4-5-8/h8-9H,2-7,12H2,1H3,(H,13,15)(H,14,16). The molecule has 0 aromatic rings. The van der Waals surface area contributed by atoms with E-state index in [0.29, 0.717) is 12.3 Å². The first-order valence-electron chi connectivity index (χ1n) is 5.93. The normalized spacial score (nSPS) is 16.6. The average Bonchev–Trinajstić information content (AvgIpc) is 3.07. The Kier molecular flexibility index (Phi) is 5.25. The number of hydrogen-bond donors (Lipinski definition) is 3. The molecule has 1 unspecified atom stereocenters. The Labute approximate surface area is 96.1 Å². The fraction of sp³-hybridized carbons (Fsp3) is 0.818. The highest BCUT2D eigenvalue weighted by Crippen LogP contribution is 2.27. The lowest BCUT2D eigenvalue weighted by Gasteiger charge is -2.11. The summed E-state index contributed by atoms with van der Waals surface area (Å²) in [6.07, 6.45) is 3.92. The highest BCUT2D eigenvalue weighted by atomic mass is 16.2. The Balaban J connectivity index is 2.07. The second kappa shape index (κ2) is 6.48. The second-order valence-corrected chi connectivity index (χ2v) is 4.36. The number of hydrogen-bond acceptors (Lipinski definition) is 3. The molecule has 0 heterocycles. The Morgan fingerprint density at radius 1 is 1.38 bits per heavy atom. The molecule has 1 aliphatic carbocycles. The van der Waals surface area contributed by atoms with Crippen molar-refractivity contribution in [3.63, 3.8) is 0 Å². The van der Waals surface area contributed by atoms with Crippen LogP contribution < -0.4 is 16.4 Å². The smallest absolute Gasteiger partial charge is 0.239 e. The molecule has 1 atom stereocenters. The highest BCUT2D eigenvalue weighted by Gasteiger charge is 2.21. The van der Waals surface area contributed by atoms with Gasteiger partial charge in [0.2, 0.25) is 11.8 Å². The minimum absolute atomic E-state index is 0.0307. The molecule has 5 nitrogen and oxygen atoms in total. The molecule has 92 valence electrons. The molecule has 1 aliphatic rings. The molecule has 1 rings (SSSR count). The van der Waals surface area contributed by atoms with E-state index in [0.717, 1.165) is 13.0 Å². The third-order valence-corrected chi connectivity index (χ3v) is 2.64. The molecule has 5 heteroatoms. The van der Waals surface area contributed by atoms with Crippen LogP contribution in [0.1, 0.15) is 32.6 Å². The SMILES string of the molecule is CCCC(N)C(=O)NCC(=O)NCC1CC1. The maximum absolute atomic E-state index is 11.4. The summed E-state index contributed by atoms with van der Waals surface area (Å²) >= 11 is 0. The van der Waals surface area contributed by atoms with Crippen molar-refractivity contribution in [3.05, 3.63) is 0 Å². The number of rotatable bonds is 7. The van der Waals surface area contributed by atoms with Crippen molar-refractivity contribution in [1.29, 1.82) is 0 Å². The van der Waals surface area contributed by atoms with Gasteiger partial charge in [-0.25, -0.2) is 0 Å². The van der Waals surface area contributed by atoms with Crippen LogP contribution in [-0.2, 0) is 9.59 Å². The van der Waals surface area contributed by atoms with Gasteiger partial charge in [0.25, 0.3) is 0 Å². The van der Waals surface area contributed by atoms with E-state index >= 15 is 0 Å². The van der Waals surface area contributed by atoms with Gasteiger partial charge in [-0.2, -0.15) is 0 Å². The molecule has 4 N–H and O–H groups in total. The van der Waals surface area contributed by atoms with E-state index in [2.05, 4.69) is 10.6 Å². The van der Waals surface area contributed by atoms with Gasteiger partial charge in [-0.3, -0.25) is 9.59 Å². The lowest BCUT2D eigenvalue weighted by molar-refractivity contribution is -0.126. The third-order valence-electron chi connectivity index (χ3n) is 2.64. The first-order chi connectivity index (χ1) is 7.63. The summed E-state index contributed by atoms with van der Waals surface area (Å²) in [5, 5.41) is 5.31. The largest absolute Gasteiger partial charge is 0.354 e. The molecule has 0 aromatic carbocycles. The molecule has 2 amide bonds. The van der Waals surface area contributed by atoms with E-state index in [-0.39, 0.29) is 18.4 Å². The van der Waals surface area contributed by atoms with Gasteiger partial charge in [0, 0.05) is 6.54 Å². The van der Waals surface area contributed by atoms with E-state index in [1.807, 2.05) is 6.92 Å². The molecule has 1 fully saturated rings. The van der Waals surface area contributed by atoms with Crippen LogP contribution in [0.3, 0.4) is 0 Å². The van der Waals surface area contributed by atoms with Gasteiger partial charge in [0.05, 0.1) is 12.6 Å². The Morgan fingerprint density at radius 2 is 2.06 bits per heavy atom. The summed E-state index contributed by atoms with van der Waals surface area (Å²) in [5.41, 5.74) is 5.60. The van der Waals surface area contributed by atoms with Gasteiger partial charge in [-0.15, -0.1) is 0 Å². The second-order valence-electron chi connectivity index (χ2n) is 4.36. The lowest BCUT2D eigenvalue weighted by Crippen LogP contribution is -2.45. The molecule has 1 saturated carbocycles. The van der Waals surface area contributed by atoms with Gasteiger partial charge < -0.3 is 16.4 Å². The molecular weight excluding hydrogens is 206 g/mol. The van der Waals surface area contributed by atoms with E-state index in [9.17, 15) is 9.59 Å². The first kappa shape index (κ1) is 13.0. The maximum Gasteiger partial charge on any atom is 0.239 e. The van der Waals surface area contributed by atoms with Gasteiger partial charge >= 0.3 is 0 Å². The number of amides is 2. The van der Waals surface area contributed by atoms with E-state index in [4.69, 9.17) is 5.73 Å². The van der Waals surface area contributed by atoms with Gasteiger partial charge in [-0.05, 0) is 25.2 Å². The Hall–Kier alpha value is -1.10. The lowest BCUT2D eigenvalue weighted by atomic mass is 10.2. The van der Waals surface area contributed by atoms with E-state index < -0.39 is 6.04 Å². The molecule has 0 aliphatic heterocycles. The zero-order chi connectivity index (χ0) is 12.0. The fourth-order valence-electron chi connectivity index (χ4n) is 1.38. The zero-order valence-electron chi connectivity index (χ0n) is 9.79. The minimum Gasteiger partial charge on any atom is -0.354 e. The molecule has 0 saturated heterocycles. The number of carbonyl (C=O) groups excluding carboxylic acids is 2. The predicted octanol–water partition coefficient (Wildman–Crippen LogP) is -0.244. The summed E-state index contributed by atoms with van der Waals surface area (Å²) in [6.45, 7) is 2.73. The van der Waals surface area contributed by atoms with Crippen LogP contribution in [0.25, 0.3) is 0 Å². The highest BCUT2D eigenvalue weighted by molar-refractivity contribution is 5.87. The monoisotopic (exact) mass is 227 g/mol.